The number of hydrogen-bond acceptors (Lipinski definition) is 2. The van der Waals surface area contributed by atoms with Crippen molar-refractivity contribution in [3.8, 4) is 0 Å². The molecule has 0 aliphatic carbocycles. The number of benzene rings is 1. The van der Waals surface area contributed by atoms with E-state index in [9.17, 15) is 0 Å². The first-order chi connectivity index (χ1) is 9.15. The van der Waals surface area contributed by atoms with Crippen LogP contribution in [0.2, 0.25) is 0 Å². The normalized spacial score (nSPS) is 10.5. The maximum Gasteiger partial charge on any atom is 0.135 e. The summed E-state index contributed by atoms with van der Waals surface area (Å²) in [5.74, 6) is 1.04. The highest BCUT2D eigenvalue weighted by Crippen LogP contribution is 2.27. The highest BCUT2D eigenvalue weighted by molar-refractivity contribution is 9.08. The lowest BCUT2D eigenvalue weighted by molar-refractivity contribution is 0.974. The van der Waals surface area contributed by atoms with Gasteiger partial charge in [0.15, 0.2) is 0 Å². The second kappa shape index (κ2) is 6.20. The van der Waals surface area contributed by atoms with Gasteiger partial charge in [0.25, 0.3) is 0 Å². The standard InChI is InChI=1S/C16H19BrN2/c1-4-19(15-7-5-6-12(2)8-15)16-13(3)9-14(10-17)11-18-16/h5-9,11H,4,10H2,1-3H3. The van der Waals surface area contributed by atoms with Crippen molar-refractivity contribution in [2.75, 3.05) is 11.4 Å². The zero-order valence-electron chi connectivity index (χ0n) is 11.7. The van der Waals surface area contributed by atoms with Gasteiger partial charge in [0.2, 0.25) is 0 Å². The maximum absolute atomic E-state index is 4.62. The molecule has 0 amide bonds. The fraction of sp³-hybridized carbons (Fsp3) is 0.312. The number of pyridine rings is 1. The predicted octanol–water partition coefficient (Wildman–Crippen LogP) is 4.75. The first kappa shape index (κ1) is 14.1. The van der Waals surface area contributed by atoms with E-state index in [-0.39, 0.29) is 0 Å². The number of nitrogens with zero attached hydrogens (tertiary/aromatic N) is 2. The summed E-state index contributed by atoms with van der Waals surface area (Å²) in [7, 11) is 0. The van der Waals surface area contributed by atoms with Crippen LogP contribution in [0.5, 0.6) is 0 Å². The molecule has 1 heterocycles. The van der Waals surface area contributed by atoms with E-state index < -0.39 is 0 Å². The summed E-state index contributed by atoms with van der Waals surface area (Å²) in [6, 6.07) is 10.7. The molecule has 2 aromatic rings. The van der Waals surface area contributed by atoms with Crippen molar-refractivity contribution in [2.45, 2.75) is 26.1 Å². The second-order valence-corrected chi connectivity index (χ2v) is 5.26. The predicted molar refractivity (Wildman–Crippen MR) is 85.5 cm³/mol. The van der Waals surface area contributed by atoms with Crippen LogP contribution in [0, 0.1) is 13.8 Å². The van der Waals surface area contributed by atoms with Crippen molar-refractivity contribution in [2.24, 2.45) is 0 Å². The number of anilines is 2. The maximum atomic E-state index is 4.62. The molecule has 0 aliphatic rings. The number of aryl methyl sites for hydroxylation is 2. The van der Waals surface area contributed by atoms with E-state index in [0.717, 1.165) is 17.7 Å². The molecule has 0 radical (unpaired) electrons. The summed E-state index contributed by atoms with van der Waals surface area (Å²) >= 11 is 3.47. The molecule has 0 N–H and O–H groups in total. The van der Waals surface area contributed by atoms with Crippen molar-refractivity contribution in [3.05, 3.63) is 53.2 Å². The number of aromatic nitrogens is 1. The average Bonchev–Trinajstić information content (AvgIpc) is 2.41. The Morgan fingerprint density at radius 1 is 1.21 bits per heavy atom. The van der Waals surface area contributed by atoms with Crippen LogP contribution in [0.4, 0.5) is 11.5 Å². The van der Waals surface area contributed by atoms with Gasteiger partial charge in [0, 0.05) is 23.8 Å². The molecule has 2 rings (SSSR count). The Morgan fingerprint density at radius 3 is 2.58 bits per heavy atom. The Labute approximate surface area is 123 Å². The van der Waals surface area contributed by atoms with Gasteiger partial charge in [-0.1, -0.05) is 34.1 Å². The molecule has 0 saturated heterocycles. The summed E-state index contributed by atoms with van der Waals surface area (Å²) in [4.78, 5) is 6.87. The monoisotopic (exact) mass is 318 g/mol. The Kier molecular flexibility index (Phi) is 4.59. The van der Waals surface area contributed by atoms with Crippen molar-refractivity contribution in [3.63, 3.8) is 0 Å². The van der Waals surface area contributed by atoms with E-state index >= 15 is 0 Å². The number of hydrogen-bond donors (Lipinski definition) is 0. The van der Waals surface area contributed by atoms with Crippen LogP contribution in [-0.4, -0.2) is 11.5 Å². The fourth-order valence-electron chi connectivity index (χ4n) is 2.23. The summed E-state index contributed by atoms with van der Waals surface area (Å²) in [6.07, 6.45) is 1.94. The first-order valence-corrected chi connectivity index (χ1v) is 7.63. The summed E-state index contributed by atoms with van der Waals surface area (Å²) < 4.78 is 0. The highest BCUT2D eigenvalue weighted by atomic mass is 79.9. The third-order valence-corrected chi connectivity index (χ3v) is 3.79. The lowest BCUT2D eigenvalue weighted by atomic mass is 10.1. The van der Waals surface area contributed by atoms with Crippen molar-refractivity contribution >= 4 is 27.4 Å². The third-order valence-electron chi connectivity index (χ3n) is 3.15. The minimum Gasteiger partial charge on any atom is -0.326 e. The van der Waals surface area contributed by atoms with Crippen LogP contribution in [0.1, 0.15) is 23.6 Å². The molecule has 0 saturated carbocycles. The Bertz CT molecular complexity index is 566. The van der Waals surface area contributed by atoms with Crippen molar-refractivity contribution in [1.29, 1.82) is 0 Å². The molecule has 0 unspecified atom stereocenters. The van der Waals surface area contributed by atoms with Crippen molar-refractivity contribution < 1.29 is 0 Å². The lowest BCUT2D eigenvalue weighted by Gasteiger charge is -2.24. The summed E-state index contributed by atoms with van der Waals surface area (Å²) in [5, 5.41) is 0.845. The quantitative estimate of drug-likeness (QED) is 0.756. The average molecular weight is 319 g/mol. The molecule has 0 aliphatic heterocycles. The van der Waals surface area contributed by atoms with E-state index in [4.69, 9.17) is 0 Å². The smallest absolute Gasteiger partial charge is 0.135 e. The zero-order chi connectivity index (χ0) is 13.8. The molecule has 0 spiro atoms. The topological polar surface area (TPSA) is 16.1 Å². The largest absolute Gasteiger partial charge is 0.326 e. The first-order valence-electron chi connectivity index (χ1n) is 6.51. The minimum atomic E-state index is 0.845. The SMILES string of the molecule is CCN(c1cccc(C)c1)c1ncc(CBr)cc1C. The van der Waals surface area contributed by atoms with Crippen LogP contribution in [0.15, 0.2) is 36.5 Å². The van der Waals surface area contributed by atoms with Crippen LogP contribution < -0.4 is 4.90 Å². The van der Waals surface area contributed by atoms with Gasteiger partial charge in [-0.3, -0.25) is 0 Å². The van der Waals surface area contributed by atoms with Gasteiger partial charge in [0.1, 0.15) is 5.82 Å². The molecule has 2 nitrogen and oxygen atoms in total. The lowest BCUT2D eigenvalue weighted by Crippen LogP contribution is -2.18. The van der Waals surface area contributed by atoms with Crippen LogP contribution >= 0.6 is 15.9 Å². The van der Waals surface area contributed by atoms with E-state index in [1.165, 1.54) is 22.4 Å². The molecule has 0 atom stereocenters. The van der Waals surface area contributed by atoms with Gasteiger partial charge in [-0.15, -0.1) is 0 Å². The summed E-state index contributed by atoms with van der Waals surface area (Å²) in [6.45, 7) is 7.30. The minimum absolute atomic E-state index is 0.845. The summed E-state index contributed by atoms with van der Waals surface area (Å²) in [5.41, 5.74) is 4.89. The van der Waals surface area contributed by atoms with Gasteiger partial charge < -0.3 is 4.90 Å². The van der Waals surface area contributed by atoms with E-state index in [2.05, 4.69) is 76.9 Å². The van der Waals surface area contributed by atoms with Crippen molar-refractivity contribution in [1.82, 2.24) is 4.98 Å². The van der Waals surface area contributed by atoms with Gasteiger partial charge in [-0.05, 0) is 49.6 Å². The van der Waals surface area contributed by atoms with Crippen LogP contribution in [0.3, 0.4) is 0 Å². The van der Waals surface area contributed by atoms with Gasteiger partial charge in [-0.2, -0.15) is 0 Å². The molecule has 1 aromatic carbocycles. The van der Waals surface area contributed by atoms with E-state index in [1.54, 1.807) is 0 Å². The van der Waals surface area contributed by atoms with E-state index in [1.807, 2.05) is 6.20 Å². The molecule has 19 heavy (non-hydrogen) atoms. The van der Waals surface area contributed by atoms with Gasteiger partial charge in [-0.25, -0.2) is 4.98 Å². The number of halogens is 1. The van der Waals surface area contributed by atoms with Gasteiger partial charge >= 0.3 is 0 Å². The molecule has 0 bridgehead atoms. The molecule has 3 heteroatoms. The fourth-order valence-corrected chi connectivity index (χ4v) is 2.54. The number of alkyl halides is 1. The highest BCUT2D eigenvalue weighted by Gasteiger charge is 2.11. The molecule has 0 fully saturated rings. The molecule has 100 valence electrons. The Hall–Kier alpha value is -1.35. The molecular formula is C16H19BrN2. The van der Waals surface area contributed by atoms with Crippen LogP contribution in [0.25, 0.3) is 0 Å². The Morgan fingerprint density at radius 2 is 2.00 bits per heavy atom. The van der Waals surface area contributed by atoms with E-state index in [0.29, 0.717) is 0 Å². The molecule has 1 aromatic heterocycles. The second-order valence-electron chi connectivity index (χ2n) is 4.70. The number of rotatable bonds is 4. The zero-order valence-corrected chi connectivity index (χ0v) is 13.2. The molecular weight excluding hydrogens is 300 g/mol. The van der Waals surface area contributed by atoms with Gasteiger partial charge in [0.05, 0.1) is 0 Å². The van der Waals surface area contributed by atoms with Crippen LogP contribution in [-0.2, 0) is 5.33 Å². The Balaban J connectivity index is 2.42. The third kappa shape index (κ3) is 3.16.